The molecule has 0 bridgehead atoms. The van der Waals surface area contributed by atoms with Gasteiger partial charge < -0.3 is 19.3 Å². The van der Waals surface area contributed by atoms with Gasteiger partial charge in [0.05, 0.1) is 6.54 Å². The Balaban J connectivity index is 1.59. The second-order valence-electron chi connectivity index (χ2n) is 8.39. The Hall–Kier alpha value is -1.89. The number of aromatic nitrogens is 2. The quantitative estimate of drug-likeness (QED) is 0.664. The van der Waals surface area contributed by atoms with Gasteiger partial charge in [-0.1, -0.05) is 24.6 Å². The smallest absolute Gasteiger partial charge is 0.123 e. The number of ether oxygens (including phenoxy) is 1. The number of β-amino-alcohol motifs (C(OH)–C–C–N with tert-alkyl or cyclic N) is 1. The molecule has 1 unspecified atom stereocenters. The molecule has 1 aliphatic rings. The molecule has 2 aromatic rings. The Bertz CT molecular complexity index is 740. The maximum atomic E-state index is 10.4. The zero-order valence-corrected chi connectivity index (χ0v) is 18.1. The first-order valence-electron chi connectivity index (χ1n) is 10.8. The summed E-state index contributed by atoms with van der Waals surface area (Å²) in [6.45, 7) is 9.17. The lowest BCUT2D eigenvalue weighted by molar-refractivity contribution is 0.0609. The van der Waals surface area contributed by atoms with Gasteiger partial charge in [-0.25, -0.2) is 4.98 Å². The van der Waals surface area contributed by atoms with E-state index in [4.69, 9.17) is 4.74 Å². The van der Waals surface area contributed by atoms with Gasteiger partial charge >= 0.3 is 0 Å². The molecule has 1 fully saturated rings. The van der Waals surface area contributed by atoms with Crippen LogP contribution in [0.25, 0.3) is 0 Å². The largest absolute Gasteiger partial charge is 0.491 e. The molecule has 1 aromatic carbocycles. The molecule has 6 heteroatoms. The van der Waals surface area contributed by atoms with Crippen LogP contribution in [0.3, 0.4) is 0 Å². The van der Waals surface area contributed by atoms with Crippen LogP contribution in [0.15, 0.2) is 36.7 Å². The Morgan fingerprint density at radius 2 is 1.90 bits per heavy atom. The second-order valence-corrected chi connectivity index (χ2v) is 8.39. The van der Waals surface area contributed by atoms with Crippen LogP contribution in [0.1, 0.15) is 44.5 Å². The molecule has 0 aliphatic carbocycles. The third-order valence-electron chi connectivity index (χ3n) is 5.69. The van der Waals surface area contributed by atoms with E-state index in [1.807, 2.05) is 37.6 Å². The third kappa shape index (κ3) is 6.56. The van der Waals surface area contributed by atoms with Crippen LogP contribution in [0.5, 0.6) is 5.75 Å². The maximum absolute atomic E-state index is 10.4. The Morgan fingerprint density at radius 3 is 2.59 bits per heavy atom. The number of para-hydroxylation sites is 1. The number of benzene rings is 1. The van der Waals surface area contributed by atoms with Crippen molar-refractivity contribution in [3.05, 3.63) is 48.0 Å². The fourth-order valence-electron chi connectivity index (χ4n) is 3.82. The molecule has 29 heavy (non-hydrogen) atoms. The minimum atomic E-state index is -0.463. The highest BCUT2D eigenvalue weighted by molar-refractivity contribution is 5.33. The summed E-state index contributed by atoms with van der Waals surface area (Å²) in [5.41, 5.74) is 1.14. The van der Waals surface area contributed by atoms with Gasteiger partial charge in [-0.3, -0.25) is 4.90 Å². The van der Waals surface area contributed by atoms with Gasteiger partial charge in [-0.15, -0.1) is 0 Å². The SMILES string of the molecule is CC(C)N(Cc1ccccc1OCC(O)CN1CCCCC1)Cc1nccn1C. The lowest BCUT2D eigenvalue weighted by atomic mass is 10.1. The highest BCUT2D eigenvalue weighted by atomic mass is 16.5. The van der Waals surface area contributed by atoms with Gasteiger partial charge in [-0.05, 0) is 45.8 Å². The van der Waals surface area contributed by atoms with Gasteiger partial charge in [0, 0.05) is 44.1 Å². The van der Waals surface area contributed by atoms with E-state index < -0.39 is 6.10 Å². The van der Waals surface area contributed by atoms with Crippen LogP contribution in [0.2, 0.25) is 0 Å². The van der Waals surface area contributed by atoms with Gasteiger partial charge in [-0.2, -0.15) is 0 Å². The molecule has 1 aromatic heterocycles. The lowest BCUT2D eigenvalue weighted by Gasteiger charge is -2.29. The molecule has 0 saturated carbocycles. The molecule has 1 saturated heterocycles. The first kappa shape index (κ1) is 21.8. The molecule has 0 spiro atoms. The van der Waals surface area contributed by atoms with Crippen molar-refractivity contribution in [1.29, 1.82) is 0 Å². The van der Waals surface area contributed by atoms with Crippen molar-refractivity contribution in [2.45, 2.75) is 58.3 Å². The molecule has 1 N–H and O–H groups in total. The first-order valence-corrected chi connectivity index (χ1v) is 10.8. The van der Waals surface area contributed by atoms with E-state index in [1.165, 1.54) is 19.3 Å². The van der Waals surface area contributed by atoms with Crippen molar-refractivity contribution < 1.29 is 9.84 Å². The summed E-state index contributed by atoms with van der Waals surface area (Å²) in [4.78, 5) is 9.20. The number of hydrogen-bond acceptors (Lipinski definition) is 5. The van der Waals surface area contributed by atoms with E-state index in [-0.39, 0.29) is 0 Å². The minimum Gasteiger partial charge on any atom is -0.491 e. The van der Waals surface area contributed by atoms with Gasteiger partial charge in [0.15, 0.2) is 0 Å². The summed E-state index contributed by atoms with van der Waals surface area (Å²) < 4.78 is 8.12. The highest BCUT2D eigenvalue weighted by Gasteiger charge is 2.18. The molecular weight excluding hydrogens is 364 g/mol. The first-order chi connectivity index (χ1) is 14.0. The molecule has 160 valence electrons. The third-order valence-corrected chi connectivity index (χ3v) is 5.69. The highest BCUT2D eigenvalue weighted by Crippen LogP contribution is 2.22. The van der Waals surface area contributed by atoms with Crippen molar-refractivity contribution in [2.75, 3.05) is 26.2 Å². The van der Waals surface area contributed by atoms with Crippen LogP contribution in [-0.2, 0) is 20.1 Å². The Labute approximate surface area is 175 Å². The van der Waals surface area contributed by atoms with E-state index >= 15 is 0 Å². The molecule has 1 aliphatic heterocycles. The van der Waals surface area contributed by atoms with Crippen molar-refractivity contribution in [3.8, 4) is 5.75 Å². The average molecular weight is 401 g/mol. The van der Waals surface area contributed by atoms with E-state index in [0.717, 1.165) is 43.3 Å². The maximum Gasteiger partial charge on any atom is 0.123 e. The summed E-state index contributed by atoms with van der Waals surface area (Å²) in [5, 5.41) is 10.4. The summed E-state index contributed by atoms with van der Waals surface area (Å²) >= 11 is 0. The molecular formula is C23H36N4O2. The number of nitrogens with zero attached hydrogens (tertiary/aromatic N) is 4. The number of piperidine rings is 1. The minimum absolute atomic E-state index is 0.328. The van der Waals surface area contributed by atoms with E-state index in [1.54, 1.807) is 0 Å². The number of aliphatic hydroxyl groups excluding tert-OH is 1. The molecule has 1 atom stereocenters. The van der Waals surface area contributed by atoms with Crippen LogP contribution < -0.4 is 4.74 Å². The predicted molar refractivity (Wildman–Crippen MR) is 116 cm³/mol. The topological polar surface area (TPSA) is 53.8 Å². The fraction of sp³-hybridized carbons (Fsp3) is 0.609. The van der Waals surface area contributed by atoms with Crippen molar-refractivity contribution in [1.82, 2.24) is 19.4 Å². The predicted octanol–water partition coefficient (Wildman–Crippen LogP) is 3.06. The standard InChI is InChI=1S/C23H36N4O2/c1-19(2)27(17-23-24-11-14-25(23)3)15-20-9-5-6-10-22(20)29-18-21(28)16-26-12-7-4-8-13-26/h5-6,9-11,14,19,21,28H,4,7-8,12-13,15-18H2,1-3H3. The molecule has 0 amide bonds. The molecule has 6 nitrogen and oxygen atoms in total. The lowest BCUT2D eigenvalue weighted by Crippen LogP contribution is -2.38. The normalized spacial score (nSPS) is 16.5. The van der Waals surface area contributed by atoms with Gasteiger partial charge in [0.25, 0.3) is 0 Å². The van der Waals surface area contributed by atoms with Crippen molar-refractivity contribution >= 4 is 0 Å². The number of likely N-dealkylation sites (tertiary alicyclic amines) is 1. The number of imidazole rings is 1. The zero-order valence-electron chi connectivity index (χ0n) is 18.1. The molecule has 0 radical (unpaired) electrons. The number of aryl methyl sites for hydroxylation is 1. The molecule has 3 rings (SSSR count). The average Bonchev–Trinajstić information content (AvgIpc) is 3.12. The van der Waals surface area contributed by atoms with E-state index in [2.05, 4.69) is 39.3 Å². The van der Waals surface area contributed by atoms with Crippen LogP contribution in [0, 0.1) is 0 Å². The second kappa shape index (κ2) is 10.8. The summed E-state index contributed by atoms with van der Waals surface area (Å²) in [5.74, 6) is 1.91. The van der Waals surface area contributed by atoms with E-state index in [0.29, 0.717) is 19.2 Å². The summed E-state index contributed by atoms with van der Waals surface area (Å²) in [6.07, 6.45) is 7.13. The Morgan fingerprint density at radius 1 is 1.14 bits per heavy atom. The molecule has 2 heterocycles. The van der Waals surface area contributed by atoms with Crippen molar-refractivity contribution in [3.63, 3.8) is 0 Å². The number of hydrogen-bond donors (Lipinski definition) is 1. The zero-order chi connectivity index (χ0) is 20.6. The summed E-state index contributed by atoms with van der Waals surface area (Å²) in [6, 6.07) is 8.53. The monoisotopic (exact) mass is 400 g/mol. The number of rotatable bonds is 10. The van der Waals surface area contributed by atoms with Crippen molar-refractivity contribution in [2.24, 2.45) is 7.05 Å². The Kier molecular flexibility index (Phi) is 8.09. The van der Waals surface area contributed by atoms with Gasteiger partial charge in [0.1, 0.15) is 24.3 Å². The van der Waals surface area contributed by atoms with Crippen LogP contribution in [-0.4, -0.2) is 62.8 Å². The van der Waals surface area contributed by atoms with Crippen LogP contribution in [0.4, 0.5) is 0 Å². The van der Waals surface area contributed by atoms with E-state index in [9.17, 15) is 5.11 Å². The number of aliphatic hydroxyl groups is 1. The fourth-order valence-corrected chi connectivity index (χ4v) is 3.82. The summed E-state index contributed by atoms with van der Waals surface area (Å²) in [7, 11) is 2.03. The van der Waals surface area contributed by atoms with Crippen LogP contribution >= 0.6 is 0 Å². The van der Waals surface area contributed by atoms with Gasteiger partial charge in [0.2, 0.25) is 0 Å².